The van der Waals surface area contributed by atoms with Crippen molar-refractivity contribution < 1.29 is 4.74 Å². The summed E-state index contributed by atoms with van der Waals surface area (Å²) in [6, 6.07) is 5.94. The molecule has 0 amide bonds. The van der Waals surface area contributed by atoms with Gasteiger partial charge in [0.25, 0.3) is 0 Å². The highest BCUT2D eigenvalue weighted by atomic mass is 35.5. The van der Waals surface area contributed by atoms with Crippen LogP contribution < -0.4 is 4.90 Å². The lowest BCUT2D eigenvalue weighted by atomic mass is 10.2. The van der Waals surface area contributed by atoms with E-state index in [1.807, 2.05) is 18.2 Å². The van der Waals surface area contributed by atoms with Crippen LogP contribution in [0.1, 0.15) is 0 Å². The second kappa shape index (κ2) is 4.88. The van der Waals surface area contributed by atoms with Crippen molar-refractivity contribution in [1.29, 1.82) is 0 Å². The molecule has 1 saturated heterocycles. The Hall–Kier alpha value is -1.10. The number of rotatable bonds is 1. The normalized spacial score (nSPS) is 16.2. The van der Waals surface area contributed by atoms with Gasteiger partial charge in [0.15, 0.2) is 0 Å². The van der Waals surface area contributed by atoms with Gasteiger partial charge in [-0.05, 0) is 29.8 Å². The molecule has 2 aromatic rings. The molecule has 0 atom stereocenters. The number of nitrogens with zero attached hydrogens (tertiary/aromatic N) is 3. The zero-order valence-electron chi connectivity index (χ0n) is 9.57. The minimum absolute atomic E-state index is 0.173. The summed E-state index contributed by atoms with van der Waals surface area (Å²) >= 11 is 11.9. The van der Waals surface area contributed by atoms with Crippen molar-refractivity contribution in [1.82, 2.24) is 9.97 Å². The average molecular weight is 284 g/mol. The molecule has 18 heavy (non-hydrogen) atoms. The van der Waals surface area contributed by atoms with E-state index in [1.165, 1.54) is 0 Å². The number of halogens is 2. The predicted molar refractivity (Wildman–Crippen MR) is 72.6 cm³/mol. The summed E-state index contributed by atoms with van der Waals surface area (Å²) < 4.78 is 5.34. The quantitative estimate of drug-likeness (QED) is 0.596. The second-order valence-corrected chi connectivity index (χ2v) is 4.78. The summed E-state index contributed by atoms with van der Waals surface area (Å²) in [6.45, 7) is 3.28. The first-order valence-corrected chi connectivity index (χ1v) is 6.45. The number of benzene rings is 1. The lowest BCUT2D eigenvalue weighted by molar-refractivity contribution is 0.122. The van der Waals surface area contributed by atoms with Gasteiger partial charge in [0.1, 0.15) is 5.15 Å². The molecular weight excluding hydrogens is 273 g/mol. The Bertz CT molecular complexity index is 585. The molecule has 1 fully saturated rings. The number of aromatic nitrogens is 2. The molecule has 4 nitrogen and oxygen atoms in total. The van der Waals surface area contributed by atoms with Crippen molar-refractivity contribution >= 4 is 39.8 Å². The molecule has 0 N–H and O–H groups in total. The Balaban J connectivity index is 2.04. The van der Waals surface area contributed by atoms with Gasteiger partial charge in [-0.1, -0.05) is 11.6 Å². The average Bonchev–Trinajstić information content (AvgIpc) is 2.39. The van der Waals surface area contributed by atoms with Crippen LogP contribution in [-0.4, -0.2) is 36.3 Å². The molecule has 0 radical (unpaired) electrons. The molecule has 1 aromatic carbocycles. The fourth-order valence-corrected chi connectivity index (χ4v) is 2.52. The lowest BCUT2D eigenvalue weighted by Gasteiger charge is -2.29. The predicted octanol–water partition coefficient (Wildman–Crippen LogP) is 2.77. The van der Waals surface area contributed by atoms with Crippen LogP contribution in [0.5, 0.6) is 0 Å². The Morgan fingerprint density at radius 1 is 1.11 bits per heavy atom. The minimum atomic E-state index is 0.173. The van der Waals surface area contributed by atoms with Crippen molar-refractivity contribution in [3.05, 3.63) is 28.6 Å². The van der Waals surface area contributed by atoms with E-state index in [1.54, 1.807) is 0 Å². The maximum atomic E-state index is 6.09. The highest BCUT2D eigenvalue weighted by Crippen LogP contribution is 2.27. The van der Waals surface area contributed by atoms with E-state index in [4.69, 9.17) is 27.9 Å². The van der Waals surface area contributed by atoms with Crippen LogP contribution >= 0.6 is 23.2 Å². The van der Waals surface area contributed by atoms with Gasteiger partial charge in [0, 0.05) is 24.2 Å². The van der Waals surface area contributed by atoms with Gasteiger partial charge < -0.3 is 9.64 Å². The first-order valence-electron chi connectivity index (χ1n) is 5.69. The molecule has 3 rings (SSSR count). The molecular formula is C12H11Cl2N3O. The molecule has 0 spiro atoms. The molecule has 0 bridgehead atoms. The molecule has 1 aromatic heterocycles. The molecule has 0 saturated carbocycles. The fraction of sp³-hybridized carbons (Fsp3) is 0.333. The minimum Gasteiger partial charge on any atom is -0.378 e. The summed E-state index contributed by atoms with van der Waals surface area (Å²) in [5.41, 5.74) is 1.87. The Morgan fingerprint density at radius 2 is 1.89 bits per heavy atom. The number of hydrogen-bond donors (Lipinski definition) is 0. The first-order chi connectivity index (χ1) is 8.74. The third-order valence-electron chi connectivity index (χ3n) is 2.98. The molecule has 6 heteroatoms. The molecule has 0 aliphatic carbocycles. The van der Waals surface area contributed by atoms with Crippen molar-refractivity contribution in [2.24, 2.45) is 0 Å². The number of hydrogen-bond acceptors (Lipinski definition) is 4. The standard InChI is InChI=1S/C12H11Cl2N3O/c13-11-9-7-8(17-3-5-18-6-4-17)1-2-10(9)15-12(14)16-11/h1-2,7H,3-6H2. The van der Waals surface area contributed by atoms with Gasteiger partial charge in [0.2, 0.25) is 5.28 Å². The highest BCUT2D eigenvalue weighted by molar-refractivity contribution is 6.35. The Kier molecular flexibility index (Phi) is 3.24. The van der Waals surface area contributed by atoms with E-state index < -0.39 is 0 Å². The molecule has 1 aliphatic heterocycles. The number of fused-ring (bicyclic) bond motifs is 1. The van der Waals surface area contributed by atoms with Crippen LogP contribution in [-0.2, 0) is 4.74 Å². The zero-order chi connectivity index (χ0) is 12.5. The van der Waals surface area contributed by atoms with Gasteiger partial charge >= 0.3 is 0 Å². The van der Waals surface area contributed by atoms with E-state index in [9.17, 15) is 0 Å². The Labute approximate surface area is 114 Å². The second-order valence-electron chi connectivity index (χ2n) is 4.08. The molecule has 0 unspecified atom stereocenters. The summed E-state index contributed by atoms with van der Waals surface area (Å²) in [4.78, 5) is 10.4. The number of morpholine rings is 1. The van der Waals surface area contributed by atoms with Crippen molar-refractivity contribution in [2.45, 2.75) is 0 Å². The molecule has 2 heterocycles. The topological polar surface area (TPSA) is 38.2 Å². The smallest absolute Gasteiger partial charge is 0.224 e. The summed E-state index contributed by atoms with van der Waals surface area (Å²) in [5, 5.41) is 1.39. The monoisotopic (exact) mass is 283 g/mol. The number of ether oxygens (including phenoxy) is 1. The van der Waals surface area contributed by atoms with Crippen LogP contribution in [0.2, 0.25) is 10.4 Å². The van der Waals surface area contributed by atoms with E-state index in [0.717, 1.165) is 42.9 Å². The van der Waals surface area contributed by atoms with Gasteiger partial charge in [-0.15, -0.1) is 0 Å². The number of anilines is 1. The van der Waals surface area contributed by atoms with E-state index >= 15 is 0 Å². The maximum Gasteiger partial charge on any atom is 0.224 e. The SMILES string of the molecule is Clc1nc(Cl)c2cc(N3CCOCC3)ccc2n1. The summed E-state index contributed by atoms with van der Waals surface area (Å²) in [7, 11) is 0. The van der Waals surface area contributed by atoms with Gasteiger partial charge in [-0.25, -0.2) is 9.97 Å². The zero-order valence-corrected chi connectivity index (χ0v) is 11.1. The maximum absolute atomic E-state index is 6.09. The van der Waals surface area contributed by atoms with Crippen molar-refractivity contribution in [3.8, 4) is 0 Å². The molecule has 1 aliphatic rings. The van der Waals surface area contributed by atoms with Crippen LogP contribution in [0.15, 0.2) is 18.2 Å². The van der Waals surface area contributed by atoms with Crippen LogP contribution in [0, 0.1) is 0 Å². The van der Waals surface area contributed by atoms with Gasteiger partial charge in [-0.3, -0.25) is 0 Å². The third-order valence-corrected chi connectivity index (χ3v) is 3.44. The lowest BCUT2D eigenvalue weighted by Crippen LogP contribution is -2.36. The van der Waals surface area contributed by atoms with Crippen molar-refractivity contribution in [3.63, 3.8) is 0 Å². The fourth-order valence-electron chi connectivity index (χ4n) is 2.07. The van der Waals surface area contributed by atoms with E-state index in [2.05, 4.69) is 14.9 Å². The van der Waals surface area contributed by atoms with Gasteiger partial charge in [-0.2, -0.15) is 0 Å². The largest absolute Gasteiger partial charge is 0.378 e. The highest BCUT2D eigenvalue weighted by Gasteiger charge is 2.13. The first kappa shape index (κ1) is 12.0. The van der Waals surface area contributed by atoms with E-state index in [-0.39, 0.29) is 5.28 Å². The Morgan fingerprint density at radius 3 is 2.67 bits per heavy atom. The van der Waals surface area contributed by atoms with Gasteiger partial charge in [0.05, 0.1) is 18.7 Å². The third kappa shape index (κ3) is 2.23. The van der Waals surface area contributed by atoms with Crippen LogP contribution in [0.4, 0.5) is 5.69 Å². The summed E-state index contributed by atoms with van der Waals surface area (Å²) in [6.07, 6.45) is 0. The van der Waals surface area contributed by atoms with Crippen molar-refractivity contribution in [2.75, 3.05) is 31.2 Å². The molecule has 94 valence electrons. The summed E-state index contributed by atoms with van der Waals surface area (Å²) in [5.74, 6) is 0. The van der Waals surface area contributed by atoms with E-state index in [0.29, 0.717) is 5.15 Å². The van der Waals surface area contributed by atoms with Crippen LogP contribution in [0.25, 0.3) is 10.9 Å². The van der Waals surface area contributed by atoms with Crippen LogP contribution in [0.3, 0.4) is 0 Å².